The van der Waals surface area contributed by atoms with Crippen LogP contribution in [0.25, 0.3) is 0 Å². The molecule has 0 amide bonds. The van der Waals surface area contributed by atoms with Gasteiger partial charge in [0.25, 0.3) is 0 Å². The standard InChI is InChI=1S/C14H19N3O/c1-3-9-14(2,15)13-16-12(17-18-13)10-11-7-5-4-6-8-11/h4-8H,3,9-10,15H2,1-2H3. The van der Waals surface area contributed by atoms with Gasteiger partial charge in [0.1, 0.15) is 0 Å². The summed E-state index contributed by atoms with van der Waals surface area (Å²) in [5.74, 6) is 1.21. The molecule has 96 valence electrons. The molecule has 0 saturated carbocycles. The highest BCUT2D eigenvalue weighted by Gasteiger charge is 2.27. The molecule has 2 rings (SSSR count). The minimum atomic E-state index is -0.531. The normalized spacial score (nSPS) is 14.4. The molecule has 0 bridgehead atoms. The number of benzene rings is 1. The molecule has 0 spiro atoms. The van der Waals surface area contributed by atoms with Crippen molar-refractivity contribution in [1.29, 1.82) is 0 Å². The molecule has 0 aliphatic heterocycles. The third-order valence-corrected chi connectivity index (χ3v) is 2.93. The van der Waals surface area contributed by atoms with Gasteiger partial charge in [0.05, 0.1) is 5.54 Å². The van der Waals surface area contributed by atoms with E-state index in [9.17, 15) is 0 Å². The Morgan fingerprint density at radius 3 is 2.67 bits per heavy atom. The second kappa shape index (κ2) is 5.31. The fraction of sp³-hybridized carbons (Fsp3) is 0.429. The first kappa shape index (κ1) is 12.8. The molecule has 0 saturated heterocycles. The van der Waals surface area contributed by atoms with Crippen molar-refractivity contribution in [2.45, 2.75) is 38.6 Å². The Morgan fingerprint density at radius 2 is 2.00 bits per heavy atom. The zero-order chi connectivity index (χ0) is 13.0. The van der Waals surface area contributed by atoms with Crippen molar-refractivity contribution in [2.24, 2.45) is 5.73 Å². The van der Waals surface area contributed by atoms with E-state index in [4.69, 9.17) is 10.3 Å². The maximum atomic E-state index is 6.16. The van der Waals surface area contributed by atoms with Crippen LogP contribution in [0.1, 0.15) is 44.0 Å². The maximum absolute atomic E-state index is 6.16. The van der Waals surface area contributed by atoms with Crippen LogP contribution >= 0.6 is 0 Å². The average molecular weight is 245 g/mol. The second-order valence-electron chi connectivity index (χ2n) is 4.85. The maximum Gasteiger partial charge on any atom is 0.246 e. The summed E-state index contributed by atoms with van der Waals surface area (Å²) in [4.78, 5) is 4.39. The molecule has 18 heavy (non-hydrogen) atoms. The Labute approximate surface area is 107 Å². The SMILES string of the molecule is CCCC(C)(N)c1nc(Cc2ccccc2)no1. The predicted molar refractivity (Wildman–Crippen MR) is 70.0 cm³/mol. The number of rotatable bonds is 5. The third-order valence-electron chi connectivity index (χ3n) is 2.93. The third kappa shape index (κ3) is 2.96. The Bertz CT molecular complexity index is 491. The van der Waals surface area contributed by atoms with Crippen LogP contribution in [-0.4, -0.2) is 10.1 Å². The second-order valence-corrected chi connectivity index (χ2v) is 4.85. The van der Waals surface area contributed by atoms with Gasteiger partial charge in [0, 0.05) is 6.42 Å². The van der Waals surface area contributed by atoms with Gasteiger partial charge >= 0.3 is 0 Å². The van der Waals surface area contributed by atoms with E-state index < -0.39 is 5.54 Å². The zero-order valence-electron chi connectivity index (χ0n) is 10.9. The molecule has 0 fully saturated rings. The molecule has 1 aromatic heterocycles. The van der Waals surface area contributed by atoms with Gasteiger partial charge in [-0.05, 0) is 18.9 Å². The van der Waals surface area contributed by atoms with Crippen LogP contribution < -0.4 is 5.73 Å². The Hall–Kier alpha value is -1.68. The van der Waals surface area contributed by atoms with Crippen molar-refractivity contribution in [1.82, 2.24) is 10.1 Å². The first-order valence-electron chi connectivity index (χ1n) is 6.27. The molecule has 1 unspecified atom stereocenters. The van der Waals surface area contributed by atoms with Crippen molar-refractivity contribution in [3.8, 4) is 0 Å². The van der Waals surface area contributed by atoms with Gasteiger partial charge in [-0.2, -0.15) is 4.98 Å². The van der Waals surface area contributed by atoms with Crippen LogP contribution in [0, 0.1) is 0 Å². The Morgan fingerprint density at radius 1 is 1.28 bits per heavy atom. The van der Waals surface area contributed by atoms with Crippen LogP contribution in [0.15, 0.2) is 34.9 Å². The summed E-state index contributed by atoms with van der Waals surface area (Å²) in [6.45, 7) is 4.02. The van der Waals surface area contributed by atoms with E-state index in [1.54, 1.807) is 0 Å². The Balaban J connectivity index is 2.11. The predicted octanol–water partition coefficient (Wildman–Crippen LogP) is 2.63. The highest BCUT2D eigenvalue weighted by Crippen LogP contribution is 2.21. The van der Waals surface area contributed by atoms with Gasteiger partial charge in [-0.15, -0.1) is 0 Å². The van der Waals surface area contributed by atoms with Crippen molar-refractivity contribution in [3.05, 3.63) is 47.6 Å². The van der Waals surface area contributed by atoms with E-state index in [1.165, 1.54) is 5.56 Å². The lowest BCUT2D eigenvalue weighted by molar-refractivity contribution is 0.282. The molecule has 1 heterocycles. The van der Waals surface area contributed by atoms with Crippen LogP contribution in [0.2, 0.25) is 0 Å². The smallest absolute Gasteiger partial charge is 0.246 e. The first-order chi connectivity index (χ1) is 8.62. The molecule has 2 aromatic rings. The lowest BCUT2D eigenvalue weighted by Gasteiger charge is -2.18. The summed E-state index contributed by atoms with van der Waals surface area (Å²) in [6, 6.07) is 10.1. The molecule has 2 N–H and O–H groups in total. The van der Waals surface area contributed by atoms with E-state index in [0.717, 1.165) is 12.8 Å². The van der Waals surface area contributed by atoms with Gasteiger partial charge in [0.2, 0.25) is 5.89 Å². The van der Waals surface area contributed by atoms with Gasteiger partial charge in [-0.25, -0.2) is 0 Å². The lowest BCUT2D eigenvalue weighted by Crippen LogP contribution is -2.33. The summed E-state index contributed by atoms with van der Waals surface area (Å²) in [7, 11) is 0. The summed E-state index contributed by atoms with van der Waals surface area (Å²) < 4.78 is 5.27. The van der Waals surface area contributed by atoms with Gasteiger partial charge < -0.3 is 10.3 Å². The van der Waals surface area contributed by atoms with E-state index in [0.29, 0.717) is 18.1 Å². The largest absolute Gasteiger partial charge is 0.337 e. The minimum absolute atomic E-state index is 0.523. The monoisotopic (exact) mass is 245 g/mol. The highest BCUT2D eigenvalue weighted by molar-refractivity contribution is 5.18. The first-order valence-corrected chi connectivity index (χ1v) is 6.27. The average Bonchev–Trinajstić information content (AvgIpc) is 2.79. The van der Waals surface area contributed by atoms with E-state index in [2.05, 4.69) is 17.1 Å². The number of nitrogens with two attached hydrogens (primary N) is 1. The van der Waals surface area contributed by atoms with E-state index >= 15 is 0 Å². The van der Waals surface area contributed by atoms with Crippen LogP contribution in [0.3, 0.4) is 0 Å². The lowest BCUT2D eigenvalue weighted by atomic mass is 9.98. The topological polar surface area (TPSA) is 64.9 Å². The van der Waals surface area contributed by atoms with E-state index in [-0.39, 0.29) is 0 Å². The quantitative estimate of drug-likeness (QED) is 0.879. The molecule has 4 nitrogen and oxygen atoms in total. The summed E-state index contributed by atoms with van der Waals surface area (Å²) in [5, 5.41) is 3.99. The number of nitrogens with zero attached hydrogens (tertiary/aromatic N) is 2. The number of hydrogen-bond acceptors (Lipinski definition) is 4. The van der Waals surface area contributed by atoms with Crippen LogP contribution in [0.5, 0.6) is 0 Å². The number of aromatic nitrogens is 2. The van der Waals surface area contributed by atoms with Crippen LogP contribution in [-0.2, 0) is 12.0 Å². The summed E-state index contributed by atoms with van der Waals surface area (Å²) in [6.07, 6.45) is 2.50. The molecular weight excluding hydrogens is 226 g/mol. The molecule has 1 atom stereocenters. The molecule has 0 aliphatic carbocycles. The fourth-order valence-electron chi connectivity index (χ4n) is 1.96. The minimum Gasteiger partial charge on any atom is -0.337 e. The van der Waals surface area contributed by atoms with E-state index in [1.807, 2.05) is 37.3 Å². The Kier molecular flexibility index (Phi) is 3.77. The summed E-state index contributed by atoms with van der Waals surface area (Å²) in [5.41, 5.74) is 6.79. The van der Waals surface area contributed by atoms with Gasteiger partial charge in [-0.3, -0.25) is 0 Å². The molecule has 1 aromatic carbocycles. The number of hydrogen-bond donors (Lipinski definition) is 1. The zero-order valence-corrected chi connectivity index (χ0v) is 10.9. The highest BCUT2D eigenvalue weighted by atomic mass is 16.5. The molecule has 0 radical (unpaired) electrons. The van der Waals surface area contributed by atoms with Crippen molar-refractivity contribution >= 4 is 0 Å². The van der Waals surface area contributed by atoms with Crippen molar-refractivity contribution < 1.29 is 4.52 Å². The van der Waals surface area contributed by atoms with Gasteiger partial charge in [-0.1, -0.05) is 48.8 Å². The van der Waals surface area contributed by atoms with Crippen molar-refractivity contribution in [2.75, 3.05) is 0 Å². The fourth-order valence-corrected chi connectivity index (χ4v) is 1.96. The van der Waals surface area contributed by atoms with Crippen LogP contribution in [0.4, 0.5) is 0 Å². The molecule has 4 heteroatoms. The van der Waals surface area contributed by atoms with Gasteiger partial charge in [0.15, 0.2) is 5.82 Å². The summed E-state index contributed by atoms with van der Waals surface area (Å²) >= 11 is 0. The molecular formula is C14H19N3O. The molecule has 0 aliphatic rings. The van der Waals surface area contributed by atoms with Crippen molar-refractivity contribution in [3.63, 3.8) is 0 Å².